The van der Waals surface area contributed by atoms with Crippen molar-refractivity contribution in [1.82, 2.24) is 4.98 Å². The number of benzene rings is 2. The topological polar surface area (TPSA) is 63.2 Å². The molecule has 0 aliphatic rings. The van der Waals surface area contributed by atoms with Crippen molar-refractivity contribution < 1.29 is 9.53 Å². The third kappa shape index (κ3) is 4.77. The Balaban J connectivity index is 1.60. The number of rotatable bonds is 6. The van der Waals surface area contributed by atoms with E-state index in [0.29, 0.717) is 28.6 Å². The van der Waals surface area contributed by atoms with Crippen LogP contribution in [0.5, 0.6) is 5.75 Å². The molecule has 1 aromatic heterocycles. The molecule has 0 fully saturated rings. The first kappa shape index (κ1) is 18.7. The predicted molar refractivity (Wildman–Crippen MR) is 109 cm³/mol. The maximum atomic E-state index is 12.4. The van der Waals surface area contributed by atoms with Crippen LogP contribution in [0.4, 0.5) is 11.5 Å². The standard InChI is InChI=1S/C21H20ClN3O2/c1-14-18(22)4-3-5-19(14)25-21(26)16-8-11-20(24-13-16)23-12-15-6-9-17(27-2)10-7-15/h3-11,13H,12H2,1-2H3,(H,23,24)(H,25,26). The average Bonchev–Trinajstić information content (AvgIpc) is 2.70. The highest BCUT2D eigenvalue weighted by Crippen LogP contribution is 2.23. The van der Waals surface area contributed by atoms with Gasteiger partial charge in [-0.05, 0) is 54.4 Å². The normalized spacial score (nSPS) is 10.3. The molecule has 0 saturated heterocycles. The van der Waals surface area contributed by atoms with Gasteiger partial charge in [0.15, 0.2) is 0 Å². The van der Waals surface area contributed by atoms with E-state index in [1.807, 2.05) is 37.3 Å². The Bertz CT molecular complexity index is 925. The van der Waals surface area contributed by atoms with Crippen molar-refractivity contribution in [3.63, 3.8) is 0 Å². The quantitative estimate of drug-likeness (QED) is 0.636. The maximum absolute atomic E-state index is 12.4. The molecule has 0 bridgehead atoms. The summed E-state index contributed by atoms with van der Waals surface area (Å²) in [6, 6.07) is 16.7. The third-order valence-corrected chi connectivity index (χ3v) is 4.58. The molecular weight excluding hydrogens is 362 g/mol. The summed E-state index contributed by atoms with van der Waals surface area (Å²) >= 11 is 6.09. The summed E-state index contributed by atoms with van der Waals surface area (Å²) in [4.78, 5) is 16.7. The van der Waals surface area contributed by atoms with Gasteiger partial charge in [-0.2, -0.15) is 0 Å². The zero-order valence-electron chi connectivity index (χ0n) is 15.1. The van der Waals surface area contributed by atoms with Crippen LogP contribution in [0.15, 0.2) is 60.8 Å². The van der Waals surface area contributed by atoms with Gasteiger partial charge in [-0.3, -0.25) is 4.79 Å². The van der Waals surface area contributed by atoms with Crippen LogP contribution < -0.4 is 15.4 Å². The molecule has 3 rings (SSSR count). The average molecular weight is 382 g/mol. The Morgan fingerprint density at radius 2 is 1.89 bits per heavy atom. The molecule has 5 nitrogen and oxygen atoms in total. The number of pyridine rings is 1. The molecule has 3 aromatic rings. The number of halogens is 1. The molecule has 0 atom stereocenters. The van der Waals surface area contributed by atoms with Gasteiger partial charge in [-0.15, -0.1) is 0 Å². The van der Waals surface area contributed by atoms with E-state index < -0.39 is 0 Å². The fourth-order valence-electron chi connectivity index (χ4n) is 2.51. The Morgan fingerprint density at radius 1 is 1.11 bits per heavy atom. The van der Waals surface area contributed by atoms with E-state index in [0.717, 1.165) is 16.9 Å². The molecule has 6 heteroatoms. The number of nitrogens with zero attached hydrogens (tertiary/aromatic N) is 1. The monoisotopic (exact) mass is 381 g/mol. The molecule has 0 unspecified atom stereocenters. The van der Waals surface area contributed by atoms with Gasteiger partial charge >= 0.3 is 0 Å². The minimum Gasteiger partial charge on any atom is -0.497 e. The van der Waals surface area contributed by atoms with Crippen molar-refractivity contribution in [3.8, 4) is 5.75 Å². The van der Waals surface area contributed by atoms with Gasteiger partial charge in [0.05, 0.1) is 12.7 Å². The van der Waals surface area contributed by atoms with Gasteiger partial charge in [0.1, 0.15) is 11.6 Å². The molecule has 0 radical (unpaired) electrons. The highest BCUT2D eigenvalue weighted by molar-refractivity contribution is 6.31. The first-order valence-corrected chi connectivity index (χ1v) is 8.84. The van der Waals surface area contributed by atoms with Crippen molar-refractivity contribution in [2.75, 3.05) is 17.7 Å². The zero-order chi connectivity index (χ0) is 19.2. The van der Waals surface area contributed by atoms with Crippen molar-refractivity contribution in [2.24, 2.45) is 0 Å². The predicted octanol–water partition coefficient (Wildman–Crippen LogP) is 4.92. The first-order valence-electron chi connectivity index (χ1n) is 8.46. The molecule has 0 aliphatic heterocycles. The molecule has 2 aromatic carbocycles. The van der Waals surface area contributed by atoms with Gasteiger partial charge in [-0.25, -0.2) is 4.98 Å². The minimum absolute atomic E-state index is 0.227. The van der Waals surface area contributed by atoms with E-state index in [1.54, 1.807) is 37.6 Å². The van der Waals surface area contributed by atoms with Gasteiger partial charge < -0.3 is 15.4 Å². The lowest BCUT2D eigenvalue weighted by Gasteiger charge is -2.10. The number of methoxy groups -OCH3 is 1. The molecule has 2 N–H and O–H groups in total. The molecule has 0 spiro atoms. The summed E-state index contributed by atoms with van der Waals surface area (Å²) in [6.45, 7) is 2.49. The lowest BCUT2D eigenvalue weighted by Crippen LogP contribution is -2.13. The molecule has 0 aliphatic carbocycles. The van der Waals surface area contributed by atoms with E-state index in [-0.39, 0.29) is 5.91 Å². The van der Waals surface area contributed by atoms with Gasteiger partial charge in [-0.1, -0.05) is 29.8 Å². The van der Waals surface area contributed by atoms with E-state index in [2.05, 4.69) is 15.6 Å². The first-order chi connectivity index (χ1) is 13.1. The summed E-state index contributed by atoms with van der Waals surface area (Å²) in [7, 11) is 1.64. The number of ether oxygens (including phenoxy) is 1. The van der Waals surface area contributed by atoms with Crippen LogP contribution in [0.3, 0.4) is 0 Å². The summed E-state index contributed by atoms with van der Waals surface area (Å²) in [5.41, 5.74) is 3.10. The Hall–Kier alpha value is -3.05. The molecule has 0 saturated carbocycles. The minimum atomic E-state index is -0.227. The van der Waals surface area contributed by atoms with Crippen molar-refractivity contribution >= 4 is 29.0 Å². The highest BCUT2D eigenvalue weighted by atomic mass is 35.5. The van der Waals surface area contributed by atoms with E-state index >= 15 is 0 Å². The Morgan fingerprint density at radius 3 is 2.56 bits per heavy atom. The van der Waals surface area contributed by atoms with Gasteiger partial charge in [0.2, 0.25) is 0 Å². The lowest BCUT2D eigenvalue weighted by atomic mass is 10.2. The van der Waals surface area contributed by atoms with Crippen LogP contribution in [0.1, 0.15) is 21.5 Å². The maximum Gasteiger partial charge on any atom is 0.257 e. The molecule has 1 heterocycles. The van der Waals surface area contributed by atoms with Crippen LogP contribution in [-0.2, 0) is 6.54 Å². The number of carbonyl (C=O) groups is 1. The summed E-state index contributed by atoms with van der Waals surface area (Å²) in [5, 5.41) is 6.70. The number of amides is 1. The Labute approximate surface area is 163 Å². The van der Waals surface area contributed by atoms with Crippen LogP contribution in [0, 0.1) is 6.92 Å². The molecular formula is C21H20ClN3O2. The second-order valence-electron chi connectivity index (χ2n) is 6.00. The fourth-order valence-corrected chi connectivity index (χ4v) is 2.68. The van der Waals surface area contributed by atoms with Crippen molar-refractivity contribution in [1.29, 1.82) is 0 Å². The second-order valence-corrected chi connectivity index (χ2v) is 6.41. The van der Waals surface area contributed by atoms with Crippen LogP contribution in [0.25, 0.3) is 0 Å². The van der Waals surface area contributed by atoms with Gasteiger partial charge in [0.25, 0.3) is 5.91 Å². The molecule has 27 heavy (non-hydrogen) atoms. The number of hydrogen-bond donors (Lipinski definition) is 2. The van der Waals surface area contributed by atoms with Crippen LogP contribution in [0.2, 0.25) is 5.02 Å². The summed E-state index contributed by atoms with van der Waals surface area (Å²) in [5.74, 6) is 1.29. The zero-order valence-corrected chi connectivity index (χ0v) is 15.9. The number of nitrogens with one attached hydrogen (secondary N) is 2. The van der Waals surface area contributed by atoms with Crippen LogP contribution in [-0.4, -0.2) is 18.0 Å². The fraction of sp³-hybridized carbons (Fsp3) is 0.143. The number of aromatic nitrogens is 1. The van der Waals surface area contributed by atoms with Gasteiger partial charge in [0, 0.05) is 23.5 Å². The van der Waals surface area contributed by atoms with Crippen molar-refractivity contribution in [2.45, 2.75) is 13.5 Å². The summed E-state index contributed by atoms with van der Waals surface area (Å²) < 4.78 is 5.15. The Kier molecular flexibility index (Phi) is 5.94. The summed E-state index contributed by atoms with van der Waals surface area (Å²) in [6.07, 6.45) is 1.55. The number of carbonyl (C=O) groups excluding carboxylic acids is 1. The lowest BCUT2D eigenvalue weighted by molar-refractivity contribution is 0.102. The smallest absolute Gasteiger partial charge is 0.257 e. The second kappa shape index (κ2) is 8.56. The van der Waals surface area contributed by atoms with Crippen molar-refractivity contribution in [3.05, 3.63) is 82.5 Å². The number of anilines is 2. The van der Waals surface area contributed by atoms with E-state index in [4.69, 9.17) is 16.3 Å². The third-order valence-electron chi connectivity index (χ3n) is 4.17. The van der Waals surface area contributed by atoms with E-state index in [9.17, 15) is 4.79 Å². The largest absolute Gasteiger partial charge is 0.497 e. The molecule has 1 amide bonds. The van der Waals surface area contributed by atoms with Crippen LogP contribution >= 0.6 is 11.6 Å². The molecule has 138 valence electrons. The SMILES string of the molecule is COc1ccc(CNc2ccc(C(=O)Nc3cccc(Cl)c3C)cn2)cc1. The van der Waals surface area contributed by atoms with E-state index in [1.165, 1.54) is 0 Å². The number of hydrogen-bond acceptors (Lipinski definition) is 4. The highest BCUT2D eigenvalue weighted by Gasteiger charge is 2.09.